The molecule has 0 saturated carbocycles. The zero-order valence-electron chi connectivity index (χ0n) is 15.4. The Kier molecular flexibility index (Phi) is 4.97. The molecule has 0 aliphatic carbocycles. The van der Waals surface area contributed by atoms with Gasteiger partial charge in [0.05, 0.1) is 12.3 Å². The van der Waals surface area contributed by atoms with Crippen molar-refractivity contribution in [2.24, 2.45) is 0 Å². The number of hydrogen-bond donors (Lipinski definition) is 1. The first-order valence-corrected chi connectivity index (χ1v) is 9.10. The first-order valence-electron chi connectivity index (χ1n) is 9.10. The van der Waals surface area contributed by atoms with Crippen molar-refractivity contribution in [3.05, 3.63) is 84.4 Å². The second-order valence-corrected chi connectivity index (χ2v) is 6.25. The second kappa shape index (κ2) is 7.88. The molecule has 0 spiro atoms. The van der Waals surface area contributed by atoms with Gasteiger partial charge in [-0.15, -0.1) is 10.2 Å². The van der Waals surface area contributed by atoms with Gasteiger partial charge in [-0.3, -0.25) is 4.79 Å². The molecule has 0 radical (unpaired) electrons. The average molecular weight is 369 g/mol. The number of amides is 1. The number of nitrogens with zero attached hydrogens (tertiary/aromatic N) is 2. The third-order valence-electron chi connectivity index (χ3n) is 4.41. The highest BCUT2D eigenvalue weighted by atomic mass is 16.5. The Balaban J connectivity index is 1.52. The molecule has 1 aromatic heterocycles. The summed E-state index contributed by atoms with van der Waals surface area (Å²) < 4.78 is 5.31. The summed E-state index contributed by atoms with van der Waals surface area (Å²) in [6, 6.07) is 24.8. The van der Waals surface area contributed by atoms with Crippen molar-refractivity contribution in [2.45, 2.75) is 6.92 Å². The number of benzene rings is 3. The fourth-order valence-electron chi connectivity index (χ4n) is 3.05. The SMILES string of the molecule is CCOc1ccc(-c2ccc(NC(=O)c3cccc4ccccc34)cc2)nn1. The number of hydrogen-bond acceptors (Lipinski definition) is 4. The van der Waals surface area contributed by atoms with E-state index in [-0.39, 0.29) is 5.91 Å². The molecule has 0 fully saturated rings. The zero-order chi connectivity index (χ0) is 19.3. The normalized spacial score (nSPS) is 10.6. The molecule has 0 saturated heterocycles. The van der Waals surface area contributed by atoms with Crippen LogP contribution in [0.15, 0.2) is 78.9 Å². The largest absolute Gasteiger partial charge is 0.477 e. The van der Waals surface area contributed by atoms with Gasteiger partial charge in [-0.2, -0.15) is 0 Å². The van der Waals surface area contributed by atoms with Crippen LogP contribution in [0.2, 0.25) is 0 Å². The van der Waals surface area contributed by atoms with E-state index >= 15 is 0 Å². The molecule has 0 unspecified atom stereocenters. The number of rotatable bonds is 5. The van der Waals surface area contributed by atoms with Crippen molar-refractivity contribution in [1.82, 2.24) is 10.2 Å². The van der Waals surface area contributed by atoms with E-state index in [2.05, 4.69) is 15.5 Å². The van der Waals surface area contributed by atoms with Gasteiger partial charge in [0.15, 0.2) is 0 Å². The molecule has 4 rings (SSSR count). The number of fused-ring (bicyclic) bond motifs is 1. The van der Waals surface area contributed by atoms with Gasteiger partial charge in [-0.1, -0.05) is 48.5 Å². The van der Waals surface area contributed by atoms with Gasteiger partial charge in [-0.05, 0) is 42.0 Å². The highest BCUT2D eigenvalue weighted by Crippen LogP contribution is 2.22. The van der Waals surface area contributed by atoms with E-state index in [4.69, 9.17) is 4.74 Å². The Morgan fingerprint density at radius 2 is 1.68 bits per heavy atom. The molecule has 0 aliphatic heterocycles. The molecule has 5 heteroatoms. The topological polar surface area (TPSA) is 64.1 Å². The minimum absolute atomic E-state index is 0.134. The molecular weight excluding hydrogens is 350 g/mol. The third-order valence-corrected chi connectivity index (χ3v) is 4.41. The quantitative estimate of drug-likeness (QED) is 0.541. The van der Waals surface area contributed by atoms with Crippen LogP contribution in [-0.2, 0) is 0 Å². The number of anilines is 1. The molecule has 138 valence electrons. The summed E-state index contributed by atoms with van der Waals surface area (Å²) >= 11 is 0. The third kappa shape index (κ3) is 3.69. The van der Waals surface area contributed by atoms with Crippen LogP contribution < -0.4 is 10.1 Å². The molecule has 4 aromatic rings. The maximum absolute atomic E-state index is 12.7. The van der Waals surface area contributed by atoms with Gasteiger partial charge >= 0.3 is 0 Å². The predicted octanol–water partition coefficient (Wildman–Crippen LogP) is 4.95. The summed E-state index contributed by atoms with van der Waals surface area (Å²) in [6.45, 7) is 2.46. The Morgan fingerprint density at radius 3 is 2.43 bits per heavy atom. The molecule has 5 nitrogen and oxygen atoms in total. The van der Waals surface area contributed by atoms with Gasteiger partial charge in [0.1, 0.15) is 0 Å². The monoisotopic (exact) mass is 369 g/mol. The molecule has 1 amide bonds. The molecule has 1 N–H and O–H groups in total. The van der Waals surface area contributed by atoms with Crippen LogP contribution in [0.5, 0.6) is 5.88 Å². The van der Waals surface area contributed by atoms with Crippen molar-refractivity contribution >= 4 is 22.4 Å². The van der Waals surface area contributed by atoms with E-state index in [1.165, 1.54) is 0 Å². The summed E-state index contributed by atoms with van der Waals surface area (Å²) in [7, 11) is 0. The van der Waals surface area contributed by atoms with E-state index in [9.17, 15) is 4.79 Å². The van der Waals surface area contributed by atoms with Crippen molar-refractivity contribution < 1.29 is 9.53 Å². The Morgan fingerprint density at radius 1 is 0.893 bits per heavy atom. The van der Waals surface area contributed by atoms with Crippen LogP contribution in [0.3, 0.4) is 0 Å². The van der Waals surface area contributed by atoms with E-state index in [1.807, 2.05) is 79.7 Å². The van der Waals surface area contributed by atoms with E-state index in [0.717, 1.165) is 27.7 Å². The maximum Gasteiger partial charge on any atom is 0.256 e. The Labute approximate surface area is 163 Å². The summed E-state index contributed by atoms with van der Waals surface area (Å²) in [5, 5.41) is 13.2. The lowest BCUT2D eigenvalue weighted by Gasteiger charge is -2.09. The molecule has 28 heavy (non-hydrogen) atoms. The van der Waals surface area contributed by atoms with Gasteiger partial charge < -0.3 is 10.1 Å². The highest BCUT2D eigenvalue weighted by molar-refractivity contribution is 6.12. The maximum atomic E-state index is 12.7. The summed E-state index contributed by atoms with van der Waals surface area (Å²) in [6.07, 6.45) is 0. The van der Waals surface area contributed by atoms with Gasteiger partial charge in [0.2, 0.25) is 5.88 Å². The van der Waals surface area contributed by atoms with Crippen molar-refractivity contribution in [3.63, 3.8) is 0 Å². The Bertz CT molecular complexity index is 1100. The van der Waals surface area contributed by atoms with Crippen LogP contribution in [0, 0.1) is 0 Å². The number of ether oxygens (including phenoxy) is 1. The molecular formula is C23H19N3O2. The van der Waals surface area contributed by atoms with Crippen LogP contribution >= 0.6 is 0 Å². The van der Waals surface area contributed by atoms with Crippen LogP contribution in [0.25, 0.3) is 22.0 Å². The number of carbonyl (C=O) groups excluding carboxylic acids is 1. The van der Waals surface area contributed by atoms with Gasteiger partial charge in [0.25, 0.3) is 5.91 Å². The second-order valence-electron chi connectivity index (χ2n) is 6.25. The minimum Gasteiger partial charge on any atom is -0.477 e. The number of nitrogens with one attached hydrogen (secondary N) is 1. The van der Waals surface area contributed by atoms with Crippen molar-refractivity contribution in [1.29, 1.82) is 0 Å². The first-order chi connectivity index (χ1) is 13.7. The van der Waals surface area contributed by atoms with Crippen molar-refractivity contribution in [2.75, 3.05) is 11.9 Å². The molecule has 0 aliphatic rings. The van der Waals surface area contributed by atoms with Crippen LogP contribution in [-0.4, -0.2) is 22.7 Å². The molecule has 0 bridgehead atoms. The predicted molar refractivity (Wildman–Crippen MR) is 111 cm³/mol. The summed E-state index contributed by atoms with van der Waals surface area (Å²) in [5.74, 6) is 0.371. The van der Waals surface area contributed by atoms with E-state index < -0.39 is 0 Å². The van der Waals surface area contributed by atoms with E-state index in [1.54, 1.807) is 6.07 Å². The van der Waals surface area contributed by atoms with Crippen LogP contribution in [0.1, 0.15) is 17.3 Å². The molecule has 1 heterocycles. The average Bonchev–Trinajstić information content (AvgIpc) is 2.75. The fourth-order valence-corrected chi connectivity index (χ4v) is 3.05. The zero-order valence-corrected chi connectivity index (χ0v) is 15.4. The summed E-state index contributed by atoms with van der Waals surface area (Å²) in [5.41, 5.74) is 3.04. The van der Waals surface area contributed by atoms with E-state index in [0.29, 0.717) is 18.1 Å². The van der Waals surface area contributed by atoms with Crippen molar-refractivity contribution in [3.8, 4) is 17.1 Å². The molecule has 0 atom stereocenters. The molecule has 3 aromatic carbocycles. The number of carbonyl (C=O) groups is 1. The fraction of sp³-hybridized carbons (Fsp3) is 0.0870. The lowest BCUT2D eigenvalue weighted by atomic mass is 10.0. The highest BCUT2D eigenvalue weighted by Gasteiger charge is 2.10. The minimum atomic E-state index is -0.134. The lowest BCUT2D eigenvalue weighted by Crippen LogP contribution is -2.12. The smallest absolute Gasteiger partial charge is 0.256 e. The van der Waals surface area contributed by atoms with Gasteiger partial charge in [-0.25, -0.2) is 0 Å². The number of aromatic nitrogens is 2. The lowest BCUT2D eigenvalue weighted by molar-refractivity contribution is 0.102. The van der Waals surface area contributed by atoms with Crippen LogP contribution in [0.4, 0.5) is 5.69 Å². The standard InChI is InChI=1S/C23H19N3O2/c1-2-28-22-15-14-21(25-26-22)17-10-12-18(13-11-17)24-23(27)20-9-5-7-16-6-3-4-8-19(16)20/h3-15H,2H2,1H3,(H,24,27). The summed E-state index contributed by atoms with van der Waals surface area (Å²) in [4.78, 5) is 12.7. The Hall–Kier alpha value is -3.73. The van der Waals surface area contributed by atoms with Gasteiger partial charge in [0, 0.05) is 22.9 Å². The first kappa shape index (κ1) is 17.7.